The number of nitrogens with zero attached hydrogens (tertiary/aromatic N) is 2. The second-order valence-corrected chi connectivity index (χ2v) is 10.5. The zero-order valence-electron chi connectivity index (χ0n) is 20.8. The molecule has 2 aromatic heterocycles. The molecule has 12 heteroatoms. The number of methoxy groups -OCH3 is 1. The second-order valence-electron chi connectivity index (χ2n) is 8.78. The van der Waals surface area contributed by atoms with Gasteiger partial charge in [0.15, 0.2) is 5.82 Å². The van der Waals surface area contributed by atoms with Gasteiger partial charge in [0.1, 0.15) is 17.8 Å². The third-order valence-corrected chi connectivity index (χ3v) is 7.46. The van der Waals surface area contributed by atoms with Crippen LogP contribution < -0.4 is 15.0 Å². The largest absolute Gasteiger partial charge is 0.495 e. The van der Waals surface area contributed by atoms with Gasteiger partial charge in [0.2, 0.25) is 5.92 Å². The van der Waals surface area contributed by atoms with Gasteiger partial charge in [0, 0.05) is 42.5 Å². The number of hydrogen-bond donors (Lipinski definition) is 1. The Balaban J connectivity index is 0.000000379. The Hall–Kier alpha value is -4.24. The van der Waals surface area contributed by atoms with E-state index in [1.165, 1.54) is 60.4 Å². The van der Waals surface area contributed by atoms with Gasteiger partial charge in [0.05, 0.1) is 28.8 Å². The molecule has 0 atom stereocenters. The Kier molecular flexibility index (Phi) is 8.01. The van der Waals surface area contributed by atoms with Crippen molar-refractivity contribution in [3.05, 3.63) is 76.5 Å². The van der Waals surface area contributed by atoms with E-state index in [4.69, 9.17) is 11.2 Å². The highest BCUT2D eigenvalue weighted by atomic mass is 32.2. The number of halogens is 3. The van der Waals surface area contributed by atoms with Crippen LogP contribution in [0.3, 0.4) is 0 Å². The summed E-state index contributed by atoms with van der Waals surface area (Å²) in [5.41, 5.74) is 0.00107. The fraction of sp³-hybridized carbons (Fsp3) is 0.259. The van der Waals surface area contributed by atoms with Crippen molar-refractivity contribution in [3.63, 3.8) is 0 Å². The van der Waals surface area contributed by atoms with Crippen LogP contribution in [0.5, 0.6) is 5.75 Å². The Bertz CT molecular complexity index is 1690. The van der Waals surface area contributed by atoms with E-state index in [0.717, 1.165) is 12.5 Å². The molecule has 1 aliphatic carbocycles. The highest BCUT2D eigenvalue weighted by Gasteiger charge is 2.30. The van der Waals surface area contributed by atoms with Gasteiger partial charge >= 0.3 is 0 Å². The number of terminal acetylenes is 1. The van der Waals surface area contributed by atoms with E-state index in [2.05, 4.69) is 20.3 Å². The molecule has 8 nitrogen and oxygen atoms in total. The van der Waals surface area contributed by atoms with Gasteiger partial charge in [-0.15, -0.1) is 6.42 Å². The first-order valence-electron chi connectivity index (χ1n) is 11.9. The van der Waals surface area contributed by atoms with E-state index in [-0.39, 0.29) is 40.6 Å². The number of ether oxygens (including phenoxy) is 1. The molecule has 4 aromatic rings. The molecule has 0 radical (unpaired) electrons. The smallest absolute Gasteiger partial charge is 0.263 e. The van der Waals surface area contributed by atoms with Crippen molar-refractivity contribution in [1.82, 2.24) is 9.72 Å². The number of fused-ring (bicyclic) bond motifs is 1. The summed E-state index contributed by atoms with van der Waals surface area (Å²) in [6.45, 7) is 0. The molecule has 1 aliphatic rings. The second kappa shape index (κ2) is 11.2. The molecule has 0 bridgehead atoms. The van der Waals surface area contributed by atoms with Gasteiger partial charge in [-0.25, -0.2) is 21.6 Å². The normalized spacial score (nSPS) is 14.6. The molecule has 1 N–H and O–H groups in total. The quantitative estimate of drug-likeness (QED) is 0.324. The number of anilines is 1. The predicted octanol–water partition coefficient (Wildman–Crippen LogP) is 5.49. The van der Waals surface area contributed by atoms with Crippen LogP contribution >= 0.6 is 0 Å². The van der Waals surface area contributed by atoms with Crippen LogP contribution in [0, 0.1) is 18.2 Å². The number of nitrogens with one attached hydrogen (secondary N) is 1. The average Bonchev–Trinajstić information content (AvgIpc) is 3.41. The lowest BCUT2D eigenvalue weighted by Crippen LogP contribution is -2.19. The molecule has 0 aliphatic heterocycles. The first-order valence-corrected chi connectivity index (χ1v) is 13.3. The van der Waals surface area contributed by atoms with Gasteiger partial charge in [0.25, 0.3) is 15.6 Å². The van der Waals surface area contributed by atoms with Crippen molar-refractivity contribution in [2.45, 2.75) is 42.9 Å². The maximum atomic E-state index is 14.4. The summed E-state index contributed by atoms with van der Waals surface area (Å²) >= 11 is 0. The number of pyridine rings is 1. The SMILES string of the molecule is C#Cc1cc(OC)c(-n2c(=O)ccc3cc(S(=O)(=O)Nc4ccon4)ccc32)cc1F.FC1(F)CCCCC1. The summed E-state index contributed by atoms with van der Waals surface area (Å²) in [5, 5.41) is 3.94. The van der Waals surface area contributed by atoms with Crippen molar-refractivity contribution < 1.29 is 30.8 Å². The Morgan fingerprint density at radius 3 is 2.44 bits per heavy atom. The maximum Gasteiger partial charge on any atom is 0.263 e. The van der Waals surface area contributed by atoms with Crippen LogP contribution in [0.15, 0.2) is 69.0 Å². The van der Waals surface area contributed by atoms with Crippen LogP contribution in [0.4, 0.5) is 19.0 Å². The third kappa shape index (κ3) is 6.26. The monoisotopic (exact) mass is 559 g/mol. The van der Waals surface area contributed by atoms with E-state index >= 15 is 0 Å². The number of hydrogen-bond acceptors (Lipinski definition) is 6. The van der Waals surface area contributed by atoms with E-state index in [1.807, 2.05) is 0 Å². The van der Waals surface area contributed by atoms with E-state index in [0.29, 0.717) is 23.7 Å². The number of sulfonamides is 1. The van der Waals surface area contributed by atoms with Crippen LogP contribution in [0.1, 0.15) is 37.7 Å². The fourth-order valence-corrected chi connectivity index (χ4v) is 5.19. The maximum absolute atomic E-state index is 14.4. The third-order valence-electron chi connectivity index (χ3n) is 6.10. The Morgan fingerprint density at radius 2 is 1.85 bits per heavy atom. The lowest BCUT2D eigenvalue weighted by molar-refractivity contribution is -0.0337. The molecule has 2 heterocycles. The number of alkyl halides is 2. The lowest BCUT2D eigenvalue weighted by atomic mass is 9.97. The predicted molar refractivity (Wildman–Crippen MR) is 139 cm³/mol. The van der Waals surface area contributed by atoms with Crippen LogP contribution in [-0.4, -0.2) is 31.2 Å². The van der Waals surface area contributed by atoms with Crippen molar-refractivity contribution in [2.75, 3.05) is 11.8 Å². The molecular weight excluding hydrogens is 535 g/mol. The van der Waals surface area contributed by atoms with Gasteiger partial charge in [-0.05, 0) is 37.1 Å². The van der Waals surface area contributed by atoms with Crippen molar-refractivity contribution >= 4 is 26.7 Å². The molecule has 0 unspecified atom stereocenters. The summed E-state index contributed by atoms with van der Waals surface area (Å²) in [5.74, 6) is -0.588. The van der Waals surface area contributed by atoms with Crippen LogP contribution in [-0.2, 0) is 10.0 Å². The standard InChI is InChI=1S/C21H14FN3O5S.C6H10F2/c1-3-13-11-19(29-2)18(12-16(13)22)25-17-6-5-15(10-14(17)4-7-21(25)26)31(27,28)24-20-8-9-30-23-20;7-6(8)4-2-1-3-5-6/h1,4-12H,2H3,(H,23,24);1-5H2. The van der Waals surface area contributed by atoms with E-state index in [1.54, 1.807) is 0 Å². The highest BCUT2D eigenvalue weighted by molar-refractivity contribution is 7.92. The summed E-state index contributed by atoms with van der Waals surface area (Å²) in [7, 11) is -2.59. The minimum Gasteiger partial charge on any atom is -0.495 e. The first kappa shape index (κ1) is 27.8. The van der Waals surface area contributed by atoms with E-state index < -0.39 is 27.3 Å². The number of aromatic nitrogens is 2. The average molecular weight is 560 g/mol. The number of benzene rings is 2. The molecule has 39 heavy (non-hydrogen) atoms. The van der Waals surface area contributed by atoms with Crippen molar-refractivity contribution in [2.24, 2.45) is 0 Å². The summed E-state index contributed by atoms with van der Waals surface area (Å²) in [6.07, 6.45) is 9.20. The van der Waals surface area contributed by atoms with Gasteiger partial charge in [-0.3, -0.25) is 14.1 Å². The lowest BCUT2D eigenvalue weighted by Gasteiger charge is -2.20. The molecule has 5 rings (SSSR count). The molecule has 1 saturated carbocycles. The van der Waals surface area contributed by atoms with Gasteiger partial charge < -0.3 is 9.26 Å². The van der Waals surface area contributed by atoms with Crippen LogP contribution in [0.2, 0.25) is 0 Å². The molecule has 0 amide bonds. The summed E-state index contributed by atoms with van der Waals surface area (Å²) in [4.78, 5) is 12.6. The zero-order valence-corrected chi connectivity index (χ0v) is 21.6. The fourth-order valence-electron chi connectivity index (χ4n) is 4.16. The molecule has 1 fully saturated rings. The summed E-state index contributed by atoms with van der Waals surface area (Å²) < 4.78 is 77.5. The van der Waals surface area contributed by atoms with Crippen molar-refractivity contribution in [3.8, 4) is 23.8 Å². The highest BCUT2D eigenvalue weighted by Crippen LogP contribution is 2.32. The number of rotatable bonds is 5. The molecule has 0 spiro atoms. The molecule has 2 aromatic carbocycles. The minimum absolute atomic E-state index is 0.0128. The summed E-state index contributed by atoms with van der Waals surface area (Å²) in [6, 6.07) is 10.6. The molecule has 0 saturated heterocycles. The van der Waals surface area contributed by atoms with Crippen LogP contribution in [0.25, 0.3) is 16.6 Å². The Labute approximate surface area is 222 Å². The first-order chi connectivity index (χ1) is 18.5. The van der Waals surface area contributed by atoms with Gasteiger partial charge in [-0.1, -0.05) is 17.5 Å². The van der Waals surface area contributed by atoms with Crippen molar-refractivity contribution in [1.29, 1.82) is 0 Å². The molecular formula is C27H24F3N3O5S. The zero-order chi connectivity index (χ0) is 28.2. The minimum atomic E-state index is -3.96. The van der Waals surface area contributed by atoms with E-state index in [9.17, 15) is 26.4 Å². The topological polar surface area (TPSA) is 103 Å². The van der Waals surface area contributed by atoms with Gasteiger partial charge in [-0.2, -0.15) is 0 Å². The Morgan fingerprint density at radius 1 is 1.10 bits per heavy atom. The molecule has 204 valence electrons.